The second kappa shape index (κ2) is 6.41. The molecule has 1 aromatic carbocycles. The summed E-state index contributed by atoms with van der Waals surface area (Å²) in [7, 11) is 0. The SMILES string of the molecule is Cc1ccc2[nH]c(CN3CCN(C(=O)c4ccoc4)CC3)cc2c1C. The molecular formula is C20H23N3O2. The van der Waals surface area contributed by atoms with E-state index in [0.29, 0.717) is 5.56 Å². The number of aromatic nitrogens is 1. The lowest BCUT2D eigenvalue weighted by molar-refractivity contribution is 0.0626. The number of fused-ring (bicyclic) bond motifs is 1. The number of hydrogen-bond donors (Lipinski definition) is 1. The van der Waals surface area contributed by atoms with Gasteiger partial charge in [0.05, 0.1) is 11.8 Å². The van der Waals surface area contributed by atoms with Crippen LogP contribution in [0.5, 0.6) is 0 Å². The van der Waals surface area contributed by atoms with Crippen LogP contribution in [0.2, 0.25) is 0 Å². The molecule has 3 heterocycles. The van der Waals surface area contributed by atoms with Gasteiger partial charge >= 0.3 is 0 Å². The maximum absolute atomic E-state index is 12.4. The van der Waals surface area contributed by atoms with Gasteiger partial charge in [0.1, 0.15) is 6.26 Å². The summed E-state index contributed by atoms with van der Waals surface area (Å²) < 4.78 is 5.01. The standard InChI is InChI=1S/C20H23N3O2/c1-14-3-4-19-18(15(14)2)11-17(21-19)12-22-6-8-23(9-7-22)20(24)16-5-10-25-13-16/h3-5,10-11,13,21H,6-9,12H2,1-2H3. The van der Waals surface area contributed by atoms with Crippen LogP contribution in [0.4, 0.5) is 0 Å². The van der Waals surface area contributed by atoms with Crippen molar-refractivity contribution in [2.24, 2.45) is 0 Å². The first-order valence-electron chi connectivity index (χ1n) is 8.73. The highest BCUT2D eigenvalue weighted by atomic mass is 16.3. The van der Waals surface area contributed by atoms with Crippen molar-refractivity contribution < 1.29 is 9.21 Å². The van der Waals surface area contributed by atoms with Crippen molar-refractivity contribution in [2.45, 2.75) is 20.4 Å². The van der Waals surface area contributed by atoms with E-state index in [9.17, 15) is 4.79 Å². The minimum atomic E-state index is 0.0603. The fourth-order valence-electron chi connectivity index (χ4n) is 3.52. The molecule has 0 atom stereocenters. The Kier molecular flexibility index (Phi) is 4.09. The normalized spacial score (nSPS) is 15.8. The minimum Gasteiger partial charge on any atom is -0.472 e. The molecular weight excluding hydrogens is 314 g/mol. The summed E-state index contributed by atoms with van der Waals surface area (Å²) in [5.41, 5.74) is 5.74. The van der Waals surface area contributed by atoms with Crippen molar-refractivity contribution in [3.05, 3.63) is 59.2 Å². The Hall–Kier alpha value is -2.53. The molecule has 25 heavy (non-hydrogen) atoms. The molecule has 130 valence electrons. The van der Waals surface area contributed by atoms with Crippen LogP contribution in [-0.4, -0.2) is 46.9 Å². The molecule has 0 radical (unpaired) electrons. The van der Waals surface area contributed by atoms with Crippen molar-refractivity contribution >= 4 is 16.8 Å². The number of carbonyl (C=O) groups is 1. The topological polar surface area (TPSA) is 52.5 Å². The van der Waals surface area contributed by atoms with Gasteiger partial charge in [-0.1, -0.05) is 6.07 Å². The van der Waals surface area contributed by atoms with Crippen LogP contribution < -0.4 is 0 Å². The largest absolute Gasteiger partial charge is 0.472 e. The number of amides is 1. The van der Waals surface area contributed by atoms with Crippen LogP contribution in [0.3, 0.4) is 0 Å². The van der Waals surface area contributed by atoms with Gasteiger partial charge in [0, 0.05) is 49.3 Å². The molecule has 0 aliphatic carbocycles. The number of nitrogens with zero attached hydrogens (tertiary/aromatic N) is 2. The second-order valence-electron chi connectivity index (χ2n) is 6.84. The predicted octanol–water partition coefficient (Wildman–Crippen LogP) is 3.34. The highest BCUT2D eigenvalue weighted by Crippen LogP contribution is 2.23. The zero-order valence-corrected chi connectivity index (χ0v) is 14.7. The number of furan rings is 1. The summed E-state index contributed by atoms with van der Waals surface area (Å²) in [5, 5.41) is 1.31. The van der Waals surface area contributed by atoms with E-state index in [0.717, 1.165) is 32.7 Å². The molecule has 1 N–H and O–H groups in total. The highest BCUT2D eigenvalue weighted by Gasteiger charge is 2.23. The molecule has 5 nitrogen and oxygen atoms in total. The molecule has 1 fully saturated rings. The van der Waals surface area contributed by atoms with E-state index in [2.05, 4.69) is 41.9 Å². The van der Waals surface area contributed by atoms with Crippen LogP contribution in [0.15, 0.2) is 41.2 Å². The van der Waals surface area contributed by atoms with E-state index in [1.807, 2.05) is 4.90 Å². The average molecular weight is 337 g/mol. The van der Waals surface area contributed by atoms with Gasteiger partial charge in [0.25, 0.3) is 5.91 Å². The van der Waals surface area contributed by atoms with E-state index in [-0.39, 0.29) is 5.91 Å². The third-order valence-corrected chi connectivity index (χ3v) is 5.22. The Morgan fingerprint density at radius 3 is 2.68 bits per heavy atom. The second-order valence-corrected chi connectivity index (χ2v) is 6.84. The van der Waals surface area contributed by atoms with Gasteiger partial charge in [-0.25, -0.2) is 0 Å². The maximum atomic E-state index is 12.4. The van der Waals surface area contributed by atoms with Gasteiger partial charge in [-0.3, -0.25) is 9.69 Å². The molecule has 1 amide bonds. The maximum Gasteiger partial charge on any atom is 0.257 e. The van der Waals surface area contributed by atoms with Gasteiger partial charge in [-0.2, -0.15) is 0 Å². The molecule has 1 aliphatic rings. The Balaban J connectivity index is 1.40. The number of carbonyl (C=O) groups excluding carboxylic acids is 1. The Labute approximate surface area is 147 Å². The molecule has 1 saturated heterocycles. The van der Waals surface area contributed by atoms with E-state index >= 15 is 0 Å². The van der Waals surface area contributed by atoms with Crippen LogP contribution in [0, 0.1) is 13.8 Å². The summed E-state index contributed by atoms with van der Waals surface area (Å²) in [6.45, 7) is 8.49. The number of benzene rings is 1. The van der Waals surface area contributed by atoms with Crippen LogP contribution >= 0.6 is 0 Å². The third kappa shape index (κ3) is 3.07. The molecule has 0 unspecified atom stereocenters. The van der Waals surface area contributed by atoms with Crippen molar-refractivity contribution in [2.75, 3.05) is 26.2 Å². The van der Waals surface area contributed by atoms with Crippen molar-refractivity contribution in [1.82, 2.24) is 14.8 Å². The average Bonchev–Trinajstić information content (AvgIpc) is 3.28. The molecule has 3 aromatic rings. The zero-order chi connectivity index (χ0) is 17.4. The van der Waals surface area contributed by atoms with Gasteiger partial charge in [0.2, 0.25) is 0 Å². The minimum absolute atomic E-state index is 0.0603. The fourth-order valence-corrected chi connectivity index (χ4v) is 3.52. The Bertz CT molecular complexity index is 887. The van der Waals surface area contributed by atoms with Crippen molar-refractivity contribution in [3.8, 4) is 0 Å². The first kappa shape index (κ1) is 16.0. The molecule has 4 rings (SSSR count). The monoisotopic (exact) mass is 337 g/mol. The summed E-state index contributed by atoms with van der Waals surface area (Å²) in [5.74, 6) is 0.0603. The van der Waals surface area contributed by atoms with Gasteiger partial charge in [-0.15, -0.1) is 0 Å². The molecule has 2 aromatic heterocycles. The number of rotatable bonds is 3. The first-order valence-corrected chi connectivity index (χ1v) is 8.73. The van der Waals surface area contributed by atoms with E-state index in [1.54, 1.807) is 12.3 Å². The van der Waals surface area contributed by atoms with Crippen molar-refractivity contribution in [1.29, 1.82) is 0 Å². The fraction of sp³-hybridized carbons (Fsp3) is 0.350. The van der Waals surface area contributed by atoms with Crippen LogP contribution in [0.1, 0.15) is 27.2 Å². The molecule has 0 bridgehead atoms. The van der Waals surface area contributed by atoms with Crippen LogP contribution in [-0.2, 0) is 6.54 Å². The molecule has 0 spiro atoms. The molecule has 1 aliphatic heterocycles. The summed E-state index contributed by atoms with van der Waals surface area (Å²) >= 11 is 0. The van der Waals surface area contributed by atoms with Gasteiger partial charge < -0.3 is 14.3 Å². The lowest BCUT2D eigenvalue weighted by Gasteiger charge is -2.34. The van der Waals surface area contributed by atoms with E-state index in [1.165, 1.54) is 34.0 Å². The van der Waals surface area contributed by atoms with Crippen molar-refractivity contribution in [3.63, 3.8) is 0 Å². The first-order chi connectivity index (χ1) is 12.1. The Morgan fingerprint density at radius 2 is 1.96 bits per heavy atom. The number of piperazine rings is 1. The van der Waals surface area contributed by atoms with Gasteiger partial charge in [-0.05, 0) is 43.2 Å². The number of hydrogen-bond acceptors (Lipinski definition) is 3. The Morgan fingerprint density at radius 1 is 1.16 bits per heavy atom. The molecule has 5 heteroatoms. The quantitative estimate of drug-likeness (QED) is 0.797. The lowest BCUT2D eigenvalue weighted by Crippen LogP contribution is -2.48. The number of H-pyrrole nitrogens is 1. The van der Waals surface area contributed by atoms with Gasteiger partial charge in [0.15, 0.2) is 0 Å². The number of nitrogens with one attached hydrogen (secondary N) is 1. The van der Waals surface area contributed by atoms with E-state index < -0.39 is 0 Å². The number of aromatic amines is 1. The predicted molar refractivity (Wildman–Crippen MR) is 97.7 cm³/mol. The lowest BCUT2D eigenvalue weighted by atomic mass is 10.1. The number of aryl methyl sites for hydroxylation is 2. The zero-order valence-electron chi connectivity index (χ0n) is 14.7. The summed E-state index contributed by atoms with van der Waals surface area (Å²) in [6, 6.07) is 8.31. The molecule has 0 saturated carbocycles. The van der Waals surface area contributed by atoms with Crippen LogP contribution in [0.25, 0.3) is 10.9 Å². The third-order valence-electron chi connectivity index (χ3n) is 5.22. The smallest absolute Gasteiger partial charge is 0.257 e. The summed E-state index contributed by atoms with van der Waals surface area (Å²) in [4.78, 5) is 20.2. The highest BCUT2D eigenvalue weighted by molar-refractivity contribution is 5.93. The van der Waals surface area contributed by atoms with E-state index in [4.69, 9.17) is 4.42 Å². The summed E-state index contributed by atoms with van der Waals surface area (Å²) in [6.07, 6.45) is 3.06.